The van der Waals surface area contributed by atoms with Crippen LogP contribution in [-0.4, -0.2) is 48.3 Å². The molecule has 6 heteroatoms. The number of aliphatic hydroxyl groups excluding tert-OH is 1. The summed E-state index contributed by atoms with van der Waals surface area (Å²) >= 11 is 5.77. The first-order valence-corrected chi connectivity index (χ1v) is 6.14. The van der Waals surface area contributed by atoms with Crippen molar-refractivity contribution in [2.24, 2.45) is 0 Å². The molecule has 0 spiro atoms. The molecule has 0 radical (unpaired) electrons. The molecule has 5 nitrogen and oxygen atoms in total. The van der Waals surface area contributed by atoms with Crippen LogP contribution in [0.25, 0.3) is 0 Å². The van der Waals surface area contributed by atoms with E-state index in [1.165, 1.54) is 4.90 Å². The number of carbonyl (C=O) groups excluding carboxylic acids is 1. The number of hydrogen-bond acceptors (Lipinski definition) is 3. The highest BCUT2D eigenvalue weighted by atomic mass is 35.5. The number of rotatable bonds is 2. The fraction of sp³-hybridized carbons (Fsp3) is 0.417. The Balaban J connectivity index is 1.97. The van der Waals surface area contributed by atoms with Crippen LogP contribution in [-0.2, 0) is 0 Å². The van der Waals surface area contributed by atoms with Gasteiger partial charge < -0.3 is 20.6 Å². The van der Waals surface area contributed by atoms with Gasteiger partial charge in [0.05, 0.1) is 12.1 Å². The molecule has 2 amide bonds. The molecule has 0 unspecified atom stereocenters. The van der Waals surface area contributed by atoms with E-state index in [0.29, 0.717) is 23.8 Å². The number of nitrogens with one attached hydrogen (secondary N) is 2. The van der Waals surface area contributed by atoms with Gasteiger partial charge in [-0.15, -0.1) is 0 Å². The summed E-state index contributed by atoms with van der Waals surface area (Å²) in [5.41, 5.74) is 0.677. The molecule has 1 saturated heterocycles. The van der Waals surface area contributed by atoms with Gasteiger partial charge in [0.25, 0.3) is 0 Å². The Bertz CT molecular complexity index is 424. The van der Waals surface area contributed by atoms with E-state index in [4.69, 9.17) is 11.6 Å². The van der Waals surface area contributed by atoms with Gasteiger partial charge in [0, 0.05) is 30.8 Å². The van der Waals surface area contributed by atoms with Crippen LogP contribution in [0.3, 0.4) is 0 Å². The molecule has 1 fully saturated rings. The second-order valence-electron chi connectivity index (χ2n) is 4.34. The van der Waals surface area contributed by atoms with Crippen molar-refractivity contribution in [3.63, 3.8) is 0 Å². The number of anilines is 1. The zero-order chi connectivity index (χ0) is 13.1. The molecule has 18 heavy (non-hydrogen) atoms. The zero-order valence-corrected chi connectivity index (χ0v) is 10.8. The first kappa shape index (κ1) is 13.1. The largest absolute Gasteiger partial charge is 0.390 e. The summed E-state index contributed by atoms with van der Waals surface area (Å²) in [4.78, 5) is 13.5. The summed E-state index contributed by atoms with van der Waals surface area (Å²) in [6, 6.07) is 6.45. The first-order valence-electron chi connectivity index (χ1n) is 5.76. The Morgan fingerprint density at radius 2 is 2.11 bits per heavy atom. The molecule has 1 aliphatic rings. The van der Waals surface area contributed by atoms with E-state index in [1.54, 1.807) is 31.3 Å². The lowest BCUT2D eigenvalue weighted by Gasteiger charge is -2.26. The lowest BCUT2D eigenvalue weighted by atomic mass is 10.2. The summed E-state index contributed by atoms with van der Waals surface area (Å²) in [5, 5.41) is 16.1. The van der Waals surface area contributed by atoms with Crippen LogP contribution in [0.15, 0.2) is 24.3 Å². The SMILES string of the molecule is CN(C(=O)Nc1ccc(Cl)cc1)[C@@H]1CNC[C@H]1O. The predicted octanol–water partition coefficient (Wildman–Crippen LogP) is 1.14. The fourth-order valence-electron chi connectivity index (χ4n) is 1.94. The molecule has 1 heterocycles. The van der Waals surface area contributed by atoms with Crippen molar-refractivity contribution in [2.45, 2.75) is 12.1 Å². The third kappa shape index (κ3) is 2.93. The van der Waals surface area contributed by atoms with Gasteiger partial charge in [-0.05, 0) is 24.3 Å². The number of carbonyl (C=O) groups is 1. The normalized spacial score (nSPS) is 22.8. The molecule has 0 aromatic heterocycles. The number of urea groups is 1. The summed E-state index contributed by atoms with van der Waals surface area (Å²) in [5.74, 6) is 0. The number of β-amino-alcohol motifs (C(OH)–C–C–N with tert-alkyl or cyclic N) is 1. The first-order chi connectivity index (χ1) is 8.58. The van der Waals surface area contributed by atoms with E-state index in [1.807, 2.05) is 0 Å². The number of amides is 2. The fourth-order valence-corrected chi connectivity index (χ4v) is 2.07. The van der Waals surface area contributed by atoms with Gasteiger partial charge in [0.2, 0.25) is 0 Å². The molecule has 1 aliphatic heterocycles. The van der Waals surface area contributed by atoms with Crippen molar-refractivity contribution in [3.05, 3.63) is 29.3 Å². The Morgan fingerprint density at radius 3 is 2.67 bits per heavy atom. The molecule has 0 aliphatic carbocycles. The van der Waals surface area contributed by atoms with Crippen LogP contribution >= 0.6 is 11.6 Å². The molecule has 3 N–H and O–H groups in total. The average Bonchev–Trinajstić information content (AvgIpc) is 2.77. The van der Waals surface area contributed by atoms with Crippen LogP contribution in [0.2, 0.25) is 5.02 Å². The van der Waals surface area contributed by atoms with Crippen LogP contribution in [0.1, 0.15) is 0 Å². The zero-order valence-electron chi connectivity index (χ0n) is 10.1. The maximum Gasteiger partial charge on any atom is 0.321 e. The van der Waals surface area contributed by atoms with Gasteiger partial charge in [-0.1, -0.05) is 11.6 Å². The standard InChI is InChI=1S/C12H16ClN3O2/c1-16(10-6-14-7-11(10)17)12(18)15-9-4-2-8(13)3-5-9/h2-5,10-11,14,17H,6-7H2,1H3,(H,15,18)/t10-,11-/m1/s1. The van der Waals surface area contributed by atoms with Crippen LogP contribution in [0.4, 0.5) is 10.5 Å². The molecular formula is C12H16ClN3O2. The number of nitrogens with zero attached hydrogens (tertiary/aromatic N) is 1. The maximum atomic E-state index is 12.0. The molecule has 98 valence electrons. The lowest BCUT2D eigenvalue weighted by Crippen LogP contribution is -2.46. The van der Waals surface area contributed by atoms with E-state index in [-0.39, 0.29) is 12.1 Å². The lowest BCUT2D eigenvalue weighted by molar-refractivity contribution is 0.115. The highest BCUT2D eigenvalue weighted by Crippen LogP contribution is 2.15. The molecule has 1 aromatic rings. The Kier molecular flexibility index (Phi) is 4.06. The Labute approximate surface area is 111 Å². The quantitative estimate of drug-likeness (QED) is 0.754. The summed E-state index contributed by atoms with van der Waals surface area (Å²) < 4.78 is 0. The number of hydrogen-bond donors (Lipinski definition) is 3. The minimum absolute atomic E-state index is 0.197. The van der Waals surface area contributed by atoms with Crippen molar-refractivity contribution < 1.29 is 9.90 Å². The van der Waals surface area contributed by atoms with E-state index in [9.17, 15) is 9.90 Å². The number of aliphatic hydroxyl groups is 1. The van der Waals surface area contributed by atoms with Crippen molar-refractivity contribution in [3.8, 4) is 0 Å². The molecule has 0 bridgehead atoms. The van der Waals surface area contributed by atoms with Crippen molar-refractivity contribution in [1.82, 2.24) is 10.2 Å². The smallest absolute Gasteiger partial charge is 0.321 e. The minimum Gasteiger partial charge on any atom is -0.390 e. The van der Waals surface area contributed by atoms with Crippen molar-refractivity contribution >= 4 is 23.3 Å². The average molecular weight is 270 g/mol. The van der Waals surface area contributed by atoms with E-state index in [0.717, 1.165) is 0 Å². The maximum absolute atomic E-state index is 12.0. The van der Waals surface area contributed by atoms with Gasteiger partial charge in [-0.25, -0.2) is 4.79 Å². The summed E-state index contributed by atoms with van der Waals surface area (Å²) in [6.07, 6.45) is -0.522. The van der Waals surface area contributed by atoms with Crippen LogP contribution < -0.4 is 10.6 Å². The van der Waals surface area contributed by atoms with Crippen molar-refractivity contribution in [2.75, 3.05) is 25.5 Å². The third-order valence-corrected chi connectivity index (χ3v) is 3.32. The molecule has 2 rings (SSSR count). The predicted molar refractivity (Wildman–Crippen MR) is 70.9 cm³/mol. The molecule has 2 atom stereocenters. The van der Waals surface area contributed by atoms with Gasteiger partial charge >= 0.3 is 6.03 Å². The van der Waals surface area contributed by atoms with Crippen LogP contribution in [0.5, 0.6) is 0 Å². The highest BCUT2D eigenvalue weighted by molar-refractivity contribution is 6.30. The van der Waals surface area contributed by atoms with E-state index in [2.05, 4.69) is 10.6 Å². The summed E-state index contributed by atoms with van der Waals surface area (Å²) in [7, 11) is 1.67. The topological polar surface area (TPSA) is 64.6 Å². The van der Waals surface area contributed by atoms with Crippen molar-refractivity contribution in [1.29, 1.82) is 0 Å². The van der Waals surface area contributed by atoms with Gasteiger partial charge in [0.15, 0.2) is 0 Å². The summed E-state index contributed by atoms with van der Waals surface area (Å²) in [6.45, 7) is 1.12. The third-order valence-electron chi connectivity index (χ3n) is 3.06. The van der Waals surface area contributed by atoms with E-state index >= 15 is 0 Å². The highest BCUT2D eigenvalue weighted by Gasteiger charge is 2.31. The second-order valence-corrected chi connectivity index (χ2v) is 4.78. The van der Waals surface area contributed by atoms with Gasteiger partial charge in [-0.2, -0.15) is 0 Å². The van der Waals surface area contributed by atoms with Crippen LogP contribution in [0, 0.1) is 0 Å². The minimum atomic E-state index is -0.522. The Morgan fingerprint density at radius 1 is 1.44 bits per heavy atom. The second kappa shape index (κ2) is 5.56. The Hall–Kier alpha value is -1.30. The monoisotopic (exact) mass is 269 g/mol. The number of likely N-dealkylation sites (N-methyl/N-ethyl adjacent to an activating group) is 1. The number of benzene rings is 1. The molecular weight excluding hydrogens is 254 g/mol. The number of halogens is 1. The van der Waals surface area contributed by atoms with E-state index < -0.39 is 6.10 Å². The molecule has 1 aromatic carbocycles. The van der Waals surface area contributed by atoms with Gasteiger partial charge in [-0.3, -0.25) is 0 Å². The molecule has 0 saturated carbocycles. The van der Waals surface area contributed by atoms with Gasteiger partial charge in [0.1, 0.15) is 0 Å².